The second-order valence-electron chi connectivity index (χ2n) is 2.60. The number of aliphatic hydroxyl groups is 1. The number of aliphatic hydroxyl groups excluding tert-OH is 1. The smallest absolute Gasteiger partial charge is 0.0597 e. The Hall–Kier alpha value is 0.170. The van der Waals surface area contributed by atoms with Crippen molar-refractivity contribution >= 4 is 12.4 Å². The molecule has 0 aromatic heterocycles. The molecule has 0 bridgehead atoms. The molecule has 3 nitrogen and oxygen atoms in total. The average molecular weight is 167 g/mol. The molecule has 1 aliphatic rings. The first kappa shape index (κ1) is 10.2. The Bertz CT molecular complexity index is 83.8. The summed E-state index contributed by atoms with van der Waals surface area (Å²) in [4.78, 5) is 0. The fourth-order valence-corrected chi connectivity index (χ4v) is 0.960. The molecule has 0 aromatic rings. The van der Waals surface area contributed by atoms with Gasteiger partial charge in [0.05, 0.1) is 6.61 Å². The van der Waals surface area contributed by atoms with Gasteiger partial charge in [-0.05, 0) is 6.92 Å². The van der Waals surface area contributed by atoms with Crippen molar-refractivity contribution in [2.45, 2.75) is 19.0 Å². The molecule has 0 saturated carbocycles. The van der Waals surface area contributed by atoms with Crippen LogP contribution in [0.25, 0.3) is 0 Å². The third-order valence-corrected chi connectivity index (χ3v) is 1.65. The summed E-state index contributed by atoms with van der Waals surface area (Å²) in [5.41, 5.74) is 0. The third kappa shape index (κ3) is 2.84. The van der Waals surface area contributed by atoms with Crippen molar-refractivity contribution in [1.82, 2.24) is 10.6 Å². The van der Waals surface area contributed by atoms with Crippen LogP contribution in [0.4, 0.5) is 0 Å². The highest BCUT2D eigenvalue weighted by Gasteiger charge is 2.14. The van der Waals surface area contributed by atoms with Gasteiger partial charge in [-0.25, -0.2) is 0 Å². The first-order valence-corrected chi connectivity index (χ1v) is 3.40. The minimum atomic E-state index is 0. The van der Waals surface area contributed by atoms with Gasteiger partial charge in [-0.1, -0.05) is 0 Å². The van der Waals surface area contributed by atoms with Gasteiger partial charge in [0.25, 0.3) is 0 Å². The Labute approximate surface area is 67.6 Å². The summed E-state index contributed by atoms with van der Waals surface area (Å²) in [6.45, 7) is 4.21. The van der Waals surface area contributed by atoms with Crippen molar-refractivity contribution in [2.24, 2.45) is 0 Å². The van der Waals surface area contributed by atoms with Crippen LogP contribution in [0.3, 0.4) is 0 Å². The monoisotopic (exact) mass is 166 g/mol. The lowest BCUT2D eigenvalue weighted by Gasteiger charge is -2.27. The van der Waals surface area contributed by atoms with E-state index in [1.54, 1.807) is 0 Å². The van der Waals surface area contributed by atoms with E-state index in [0.717, 1.165) is 13.1 Å². The lowest BCUT2D eigenvalue weighted by Crippen LogP contribution is -2.54. The highest BCUT2D eigenvalue weighted by Crippen LogP contribution is 1.90. The minimum Gasteiger partial charge on any atom is -0.395 e. The molecule has 1 aliphatic heterocycles. The van der Waals surface area contributed by atoms with Crippen LogP contribution in [0.2, 0.25) is 0 Å². The van der Waals surface area contributed by atoms with E-state index in [0.29, 0.717) is 6.04 Å². The zero-order chi connectivity index (χ0) is 6.69. The molecule has 3 N–H and O–H groups in total. The average Bonchev–Trinajstić information content (AvgIpc) is 1.90. The van der Waals surface area contributed by atoms with Gasteiger partial charge in [-0.3, -0.25) is 0 Å². The van der Waals surface area contributed by atoms with E-state index in [1.807, 2.05) is 0 Å². The highest BCUT2D eigenvalue weighted by atomic mass is 35.5. The van der Waals surface area contributed by atoms with Crippen LogP contribution >= 0.6 is 12.4 Å². The number of hydrogen-bond acceptors (Lipinski definition) is 3. The minimum absolute atomic E-state index is 0. The fraction of sp³-hybridized carbons (Fsp3) is 1.00. The van der Waals surface area contributed by atoms with Crippen LogP contribution in [0.1, 0.15) is 6.92 Å². The fourth-order valence-electron chi connectivity index (χ4n) is 0.960. The Morgan fingerprint density at radius 1 is 1.40 bits per heavy atom. The highest BCUT2D eigenvalue weighted by molar-refractivity contribution is 5.85. The van der Waals surface area contributed by atoms with Gasteiger partial charge in [0.2, 0.25) is 0 Å². The van der Waals surface area contributed by atoms with Crippen LogP contribution in [0, 0.1) is 0 Å². The zero-order valence-corrected chi connectivity index (χ0v) is 6.95. The normalized spacial score (nSPS) is 33.0. The van der Waals surface area contributed by atoms with Gasteiger partial charge in [-0.15, -0.1) is 12.4 Å². The number of piperazine rings is 1. The summed E-state index contributed by atoms with van der Waals surface area (Å²) in [5, 5.41) is 15.1. The molecule has 1 saturated heterocycles. The summed E-state index contributed by atoms with van der Waals surface area (Å²) in [7, 11) is 0. The van der Waals surface area contributed by atoms with E-state index < -0.39 is 0 Å². The van der Waals surface area contributed by atoms with Crippen LogP contribution in [-0.4, -0.2) is 36.9 Å². The molecule has 0 aliphatic carbocycles. The molecule has 0 unspecified atom stereocenters. The van der Waals surface area contributed by atoms with Crippen molar-refractivity contribution in [3.63, 3.8) is 0 Å². The number of nitrogens with one attached hydrogen (secondary N) is 2. The van der Waals surface area contributed by atoms with Crippen LogP contribution in [0.15, 0.2) is 0 Å². The van der Waals surface area contributed by atoms with Gasteiger partial charge in [0.1, 0.15) is 0 Å². The lowest BCUT2D eigenvalue weighted by atomic mass is 10.2. The number of hydrogen-bond donors (Lipinski definition) is 3. The standard InChI is InChI=1S/C6H14N2O.ClH/c1-5-2-8-6(4-9)3-7-5;/h5-9H,2-4H2,1H3;1H/t5-,6+;/m0./s1. The van der Waals surface area contributed by atoms with Gasteiger partial charge in [-0.2, -0.15) is 0 Å². The van der Waals surface area contributed by atoms with Gasteiger partial charge in [0.15, 0.2) is 0 Å². The van der Waals surface area contributed by atoms with Gasteiger partial charge < -0.3 is 15.7 Å². The SMILES string of the molecule is C[C@H]1CN[C@@H](CO)CN1.Cl. The number of halogens is 1. The number of rotatable bonds is 1. The van der Waals surface area contributed by atoms with Gasteiger partial charge >= 0.3 is 0 Å². The van der Waals surface area contributed by atoms with Crippen LogP contribution < -0.4 is 10.6 Å². The molecule has 0 radical (unpaired) electrons. The van der Waals surface area contributed by atoms with Crippen LogP contribution in [0.5, 0.6) is 0 Å². The topological polar surface area (TPSA) is 44.3 Å². The quantitative estimate of drug-likeness (QED) is 0.485. The maximum Gasteiger partial charge on any atom is 0.0597 e. The second kappa shape index (κ2) is 4.91. The van der Waals surface area contributed by atoms with E-state index in [4.69, 9.17) is 5.11 Å². The molecule has 2 atom stereocenters. The Kier molecular flexibility index (Phi) is 4.99. The lowest BCUT2D eigenvalue weighted by molar-refractivity contribution is 0.216. The molecule has 0 aromatic carbocycles. The summed E-state index contributed by atoms with van der Waals surface area (Å²) in [5.74, 6) is 0. The molecule has 1 heterocycles. The van der Waals surface area contributed by atoms with Crippen molar-refractivity contribution in [2.75, 3.05) is 19.7 Å². The molecule has 62 valence electrons. The predicted molar refractivity (Wildman–Crippen MR) is 43.6 cm³/mol. The summed E-state index contributed by atoms with van der Waals surface area (Å²) in [6, 6.07) is 0.814. The molecule has 0 amide bonds. The summed E-state index contributed by atoms with van der Waals surface area (Å²) < 4.78 is 0. The zero-order valence-electron chi connectivity index (χ0n) is 6.13. The molecule has 4 heteroatoms. The maximum atomic E-state index is 8.67. The maximum absolute atomic E-state index is 8.67. The molecule has 1 fully saturated rings. The van der Waals surface area contributed by atoms with E-state index >= 15 is 0 Å². The van der Waals surface area contributed by atoms with Crippen molar-refractivity contribution in [3.8, 4) is 0 Å². The summed E-state index contributed by atoms with van der Waals surface area (Å²) >= 11 is 0. The first-order chi connectivity index (χ1) is 4.33. The van der Waals surface area contributed by atoms with Crippen molar-refractivity contribution in [3.05, 3.63) is 0 Å². The molecule has 10 heavy (non-hydrogen) atoms. The van der Waals surface area contributed by atoms with E-state index in [-0.39, 0.29) is 25.1 Å². The third-order valence-electron chi connectivity index (χ3n) is 1.65. The molecule has 0 spiro atoms. The Balaban J connectivity index is 0.000000810. The molecular weight excluding hydrogens is 152 g/mol. The first-order valence-electron chi connectivity index (χ1n) is 3.40. The summed E-state index contributed by atoms with van der Waals surface area (Å²) in [6.07, 6.45) is 0. The second-order valence-corrected chi connectivity index (χ2v) is 2.60. The molecule has 1 rings (SSSR count). The van der Waals surface area contributed by atoms with Crippen molar-refractivity contribution < 1.29 is 5.11 Å². The van der Waals surface area contributed by atoms with E-state index in [9.17, 15) is 0 Å². The van der Waals surface area contributed by atoms with Gasteiger partial charge in [0, 0.05) is 25.2 Å². The van der Waals surface area contributed by atoms with Crippen LogP contribution in [-0.2, 0) is 0 Å². The van der Waals surface area contributed by atoms with E-state index in [1.165, 1.54) is 0 Å². The largest absolute Gasteiger partial charge is 0.395 e. The Morgan fingerprint density at radius 3 is 2.50 bits per heavy atom. The molecular formula is C6H15ClN2O. The van der Waals surface area contributed by atoms with Crippen molar-refractivity contribution in [1.29, 1.82) is 0 Å². The van der Waals surface area contributed by atoms with E-state index in [2.05, 4.69) is 17.6 Å². The Morgan fingerprint density at radius 2 is 2.10 bits per heavy atom. The predicted octanol–water partition coefficient (Wildman–Crippen LogP) is -0.650.